The number of hydrogen-bond donors (Lipinski definition) is 1. The van der Waals surface area contributed by atoms with Gasteiger partial charge < -0.3 is 9.84 Å². The molecule has 82 valence electrons. The summed E-state index contributed by atoms with van der Waals surface area (Å²) >= 11 is 0. The molecular weight excluding hydrogens is 176 g/mol. The maximum Gasteiger partial charge on any atom is 0.0861 e. The highest BCUT2D eigenvalue weighted by atomic mass is 16.5. The number of rotatable bonds is 8. The number of aliphatic hydroxyl groups excluding tert-OH is 1. The Labute approximate surface area is 87.0 Å². The third-order valence-electron chi connectivity index (χ3n) is 2.73. The van der Waals surface area contributed by atoms with E-state index in [2.05, 4.69) is 6.58 Å². The molecular formula is C12H22O2. The van der Waals surface area contributed by atoms with E-state index in [0.717, 1.165) is 19.3 Å². The molecule has 14 heavy (non-hydrogen) atoms. The molecule has 1 N–H and O–H groups in total. The Hall–Kier alpha value is -0.340. The van der Waals surface area contributed by atoms with E-state index < -0.39 is 0 Å². The van der Waals surface area contributed by atoms with Gasteiger partial charge in [0.25, 0.3) is 0 Å². The Morgan fingerprint density at radius 3 is 2.79 bits per heavy atom. The van der Waals surface area contributed by atoms with Gasteiger partial charge in [0.05, 0.1) is 12.2 Å². The minimum absolute atomic E-state index is 0.0878. The Bertz CT molecular complexity index is 164. The van der Waals surface area contributed by atoms with Gasteiger partial charge in [-0.1, -0.05) is 6.08 Å². The lowest BCUT2D eigenvalue weighted by Crippen LogP contribution is -2.31. The minimum Gasteiger partial charge on any atom is -0.390 e. The number of hydrogen-bond acceptors (Lipinski definition) is 2. The molecule has 0 spiro atoms. The van der Waals surface area contributed by atoms with E-state index in [1.807, 2.05) is 13.0 Å². The molecule has 0 radical (unpaired) electrons. The van der Waals surface area contributed by atoms with Crippen LogP contribution in [0.15, 0.2) is 12.7 Å². The number of ether oxygens (including phenoxy) is 1. The Morgan fingerprint density at radius 2 is 2.29 bits per heavy atom. The van der Waals surface area contributed by atoms with Gasteiger partial charge in [-0.3, -0.25) is 0 Å². The van der Waals surface area contributed by atoms with Gasteiger partial charge in [0.15, 0.2) is 0 Å². The zero-order valence-electron chi connectivity index (χ0n) is 9.11. The predicted octanol–water partition coefficient (Wildman–Crippen LogP) is 2.52. The molecule has 0 aromatic carbocycles. The van der Waals surface area contributed by atoms with Gasteiger partial charge in [-0.25, -0.2) is 0 Å². The molecule has 2 unspecified atom stereocenters. The first-order chi connectivity index (χ1) is 6.79. The molecule has 1 fully saturated rings. The van der Waals surface area contributed by atoms with Gasteiger partial charge in [-0.2, -0.15) is 0 Å². The molecule has 0 amide bonds. The predicted molar refractivity (Wildman–Crippen MR) is 58.2 cm³/mol. The van der Waals surface area contributed by atoms with Crippen molar-refractivity contribution in [3.8, 4) is 0 Å². The van der Waals surface area contributed by atoms with Crippen LogP contribution in [-0.2, 0) is 4.74 Å². The highest BCUT2D eigenvalue weighted by molar-refractivity contribution is 4.87. The summed E-state index contributed by atoms with van der Waals surface area (Å²) < 4.78 is 5.58. The van der Waals surface area contributed by atoms with Crippen molar-refractivity contribution in [1.82, 2.24) is 0 Å². The van der Waals surface area contributed by atoms with Crippen LogP contribution in [0.3, 0.4) is 0 Å². The van der Waals surface area contributed by atoms with Crippen LogP contribution >= 0.6 is 0 Å². The van der Waals surface area contributed by atoms with Gasteiger partial charge in [0, 0.05) is 6.61 Å². The summed E-state index contributed by atoms with van der Waals surface area (Å²) in [7, 11) is 0. The summed E-state index contributed by atoms with van der Waals surface area (Å²) in [5.74, 6) is 0.619. The maximum absolute atomic E-state index is 9.92. The average molecular weight is 198 g/mol. The van der Waals surface area contributed by atoms with Crippen molar-refractivity contribution in [3.05, 3.63) is 12.7 Å². The minimum atomic E-state index is -0.276. The summed E-state index contributed by atoms with van der Waals surface area (Å²) in [5, 5.41) is 9.92. The van der Waals surface area contributed by atoms with E-state index >= 15 is 0 Å². The summed E-state index contributed by atoms with van der Waals surface area (Å²) in [4.78, 5) is 0. The van der Waals surface area contributed by atoms with E-state index in [9.17, 15) is 5.11 Å². The molecule has 0 saturated heterocycles. The number of unbranched alkanes of at least 4 members (excludes halogenated alkanes) is 1. The fourth-order valence-corrected chi connectivity index (χ4v) is 1.81. The van der Waals surface area contributed by atoms with Crippen molar-refractivity contribution in [2.75, 3.05) is 6.61 Å². The lowest BCUT2D eigenvalue weighted by molar-refractivity contribution is -0.0480. The third kappa shape index (κ3) is 3.81. The Kier molecular flexibility index (Phi) is 5.20. The van der Waals surface area contributed by atoms with Crippen LogP contribution in [0.25, 0.3) is 0 Å². The number of allylic oxidation sites excluding steroid dienone is 1. The van der Waals surface area contributed by atoms with E-state index in [1.165, 1.54) is 12.8 Å². The average Bonchev–Trinajstić information content (AvgIpc) is 2.98. The van der Waals surface area contributed by atoms with Crippen molar-refractivity contribution in [1.29, 1.82) is 0 Å². The molecule has 2 nitrogen and oxygen atoms in total. The molecule has 1 aliphatic rings. The largest absolute Gasteiger partial charge is 0.390 e. The molecule has 0 bridgehead atoms. The second kappa shape index (κ2) is 6.20. The van der Waals surface area contributed by atoms with Crippen molar-refractivity contribution in [2.24, 2.45) is 5.92 Å². The summed E-state index contributed by atoms with van der Waals surface area (Å²) in [6.07, 6.45) is 7.01. The first kappa shape index (κ1) is 11.7. The van der Waals surface area contributed by atoms with Crippen LogP contribution in [0.1, 0.15) is 39.0 Å². The van der Waals surface area contributed by atoms with Crippen LogP contribution < -0.4 is 0 Å². The van der Waals surface area contributed by atoms with E-state index in [4.69, 9.17) is 4.74 Å². The lowest BCUT2D eigenvalue weighted by Gasteiger charge is -2.22. The molecule has 1 aliphatic carbocycles. The molecule has 1 saturated carbocycles. The third-order valence-corrected chi connectivity index (χ3v) is 2.73. The fraction of sp³-hybridized carbons (Fsp3) is 0.833. The highest BCUT2D eigenvalue weighted by Crippen LogP contribution is 2.36. The van der Waals surface area contributed by atoms with Crippen molar-refractivity contribution in [3.63, 3.8) is 0 Å². The van der Waals surface area contributed by atoms with Crippen molar-refractivity contribution in [2.45, 2.75) is 51.2 Å². The summed E-state index contributed by atoms with van der Waals surface area (Å²) in [6, 6.07) is 0. The van der Waals surface area contributed by atoms with Crippen molar-refractivity contribution < 1.29 is 9.84 Å². The van der Waals surface area contributed by atoms with E-state index in [-0.39, 0.29) is 12.2 Å². The Morgan fingerprint density at radius 1 is 1.57 bits per heavy atom. The second-order valence-electron chi connectivity index (χ2n) is 4.04. The van der Waals surface area contributed by atoms with Crippen LogP contribution in [0, 0.1) is 5.92 Å². The summed E-state index contributed by atoms with van der Waals surface area (Å²) in [5.41, 5.74) is 0. The SMILES string of the molecule is C=CCCCC(O)C(OCC)C1CC1. The van der Waals surface area contributed by atoms with E-state index in [0.29, 0.717) is 12.5 Å². The molecule has 2 heteroatoms. The topological polar surface area (TPSA) is 29.5 Å². The molecule has 0 aromatic heterocycles. The highest BCUT2D eigenvalue weighted by Gasteiger charge is 2.36. The second-order valence-corrected chi connectivity index (χ2v) is 4.04. The first-order valence-corrected chi connectivity index (χ1v) is 5.70. The standard InChI is InChI=1S/C12H22O2/c1-3-5-6-7-11(13)12(14-4-2)10-8-9-10/h3,10-13H,1,4-9H2,2H3. The van der Waals surface area contributed by atoms with Gasteiger partial charge in [-0.15, -0.1) is 6.58 Å². The Balaban J connectivity index is 2.22. The van der Waals surface area contributed by atoms with Gasteiger partial charge in [0.1, 0.15) is 0 Å². The quantitative estimate of drug-likeness (QED) is 0.479. The molecule has 1 rings (SSSR count). The molecule has 0 heterocycles. The van der Waals surface area contributed by atoms with Gasteiger partial charge >= 0.3 is 0 Å². The number of aliphatic hydroxyl groups is 1. The normalized spacial score (nSPS) is 20.4. The zero-order chi connectivity index (χ0) is 10.4. The van der Waals surface area contributed by atoms with Crippen LogP contribution in [0.4, 0.5) is 0 Å². The molecule has 0 aromatic rings. The molecule has 2 atom stereocenters. The first-order valence-electron chi connectivity index (χ1n) is 5.70. The summed E-state index contributed by atoms with van der Waals surface area (Å²) in [6.45, 7) is 6.37. The maximum atomic E-state index is 9.92. The lowest BCUT2D eigenvalue weighted by atomic mass is 10.0. The van der Waals surface area contributed by atoms with Gasteiger partial charge in [-0.05, 0) is 44.9 Å². The van der Waals surface area contributed by atoms with Crippen LogP contribution in [0.2, 0.25) is 0 Å². The smallest absolute Gasteiger partial charge is 0.0861 e. The monoisotopic (exact) mass is 198 g/mol. The fourth-order valence-electron chi connectivity index (χ4n) is 1.81. The van der Waals surface area contributed by atoms with Crippen LogP contribution in [-0.4, -0.2) is 23.9 Å². The van der Waals surface area contributed by atoms with E-state index in [1.54, 1.807) is 0 Å². The van der Waals surface area contributed by atoms with Crippen molar-refractivity contribution >= 4 is 0 Å². The molecule has 0 aliphatic heterocycles. The van der Waals surface area contributed by atoms with Crippen LogP contribution in [0.5, 0.6) is 0 Å². The van der Waals surface area contributed by atoms with Gasteiger partial charge in [0.2, 0.25) is 0 Å². The zero-order valence-corrected chi connectivity index (χ0v) is 9.11.